The second-order valence-electron chi connectivity index (χ2n) is 5.86. The van der Waals surface area contributed by atoms with Gasteiger partial charge in [-0.3, -0.25) is 4.79 Å². The van der Waals surface area contributed by atoms with E-state index in [1.165, 1.54) is 12.8 Å². The Labute approximate surface area is 112 Å². The standard InChI is InChI=1S/C15H29NO2/c1-4-6-12(2)11-18-15(17)9-13(3)14-7-5-8-16-10-14/h12-14,16H,4-11H2,1-3H3. The van der Waals surface area contributed by atoms with Crippen LogP contribution >= 0.6 is 0 Å². The number of carbonyl (C=O) groups excluding carboxylic acids is 1. The zero-order valence-corrected chi connectivity index (χ0v) is 12.2. The number of hydrogen-bond acceptors (Lipinski definition) is 3. The lowest BCUT2D eigenvalue weighted by Gasteiger charge is -2.27. The van der Waals surface area contributed by atoms with Gasteiger partial charge in [0, 0.05) is 6.42 Å². The Balaban J connectivity index is 2.18. The zero-order valence-electron chi connectivity index (χ0n) is 12.2. The fourth-order valence-electron chi connectivity index (χ4n) is 2.66. The van der Waals surface area contributed by atoms with Crippen LogP contribution in [-0.4, -0.2) is 25.7 Å². The Morgan fingerprint density at radius 3 is 2.83 bits per heavy atom. The number of nitrogens with one attached hydrogen (secondary N) is 1. The van der Waals surface area contributed by atoms with Crippen molar-refractivity contribution >= 4 is 5.97 Å². The third kappa shape index (κ3) is 5.85. The largest absolute Gasteiger partial charge is 0.465 e. The van der Waals surface area contributed by atoms with Crippen LogP contribution < -0.4 is 5.32 Å². The Kier molecular flexibility index (Phi) is 7.33. The highest BCUT2D eigenvalue weighted by molar-refractivity contribution is 5.69. The molecule has 1 aliphatic heterocycles. The Bertz CT molecular complexity index is 237. The SMILES string of the molecule is CCCC(C)COC(=O)CC(C)C1CCCNC1. The minimum atomic E-state index is -0.0176. The lowest BCUT2D eigenvalue weighted by atomic mass is 9.85. The number of rotatable bonds is 7. The first kappa shape index (κ1) is 15.5. The summed E-state index contributed by atoms with van der Waals surface area (Å²) in [6.07, 6.45) is 5.34. The predicted molar refractivity (Wildman–Crippen MR) is 74.4 cm³/mol. The molecule has 1 fully saturated rings. The van der Waals surface area contributed by atoms with E-state index >= 15 is 0 Å². The molecule has 0 aromatic carbocycles. The van der Waals surface area contributed by atoms with Crippen LogP contribution in [0.15, 0.2) is 0 Å². The van der Waals surface area contributed by atoms with E-state index in [2.05, 4.69) is 26.1 Å². The molecule has 1 N–H and O–H groups in total. The molecule has 0 aromatic rings. The number of carbonyl (C=O) groups is 1. The molecule has 1 saturated heterocycles. The van der Waals surface area contributed by atoms with Crippen molar-refractivity contribution in [3.8, 4) is 0 Å². The fourth-order valence-corrected chi connectivity index (χ4v) is 2.66. The van der Waals surface area contributed by atoms with Crippen LogP contribution in [0.25, 0.3) is 0 Å². The molecule has 0 saturated carbocycles. The topological polar surface area (TPSA) is 38.3 Å². The second-order valence-corrected chi connectivity index (χ2v) is 5.86. The van der Waals surface area contributed by atoms with Gasteiger partial charge in [-0.05, 0) is 50.1 Å². The minimum absolute atomic E-state index is 0.0176. The highest BCUT2D eigenvalue weighted by Crippen LogP contribution is 2.22. The van der Waals surface area contributed by atoms with Crippen molar-refractivity contribution in [2.24, 2.45) is 17.8 Å². The van der Waals surface area contributed by atoms with Crippen molar-refractivity contribution in [2.75, 3.05) is 19.7 Å². The van der Waals surface area contributed by atoms with Gasteiger partial charge in [0.05, 0.1) is 6.61 Å². The average Bonchev–Trinajstić information content (AvgIpc) is 2.38. The van der Waals surface area contributed by atoms with Crippen LogP contribution in [0.4, 0.5) is 0 Å². The number of piperidine rings is 1. The van der Waals surface area contributed by atoms with Crippen LogP contribution in [-0.2, 0) is 9.53 Å². The van der Waals surface area contributed by atoms with E-state index in [4.69, 9.17) is 4.74 Å². The van der Waals surface area contributed by atoms with Crippen LogP contribution in [0.5, 0.6) is 0 Å². The van der Waals surface area contributed by atoms with Crippen molar-refractivity contribution in [1.29, 1.82) is 0 Å². The van der Waals surface area contributed by atoms with Gasteiger partial charge >= 0.3 is 5.97 Å². The molecule has 3 atom stereocenters. The summed E-state index contributed by atoms with van der Waals surface area (Å²) in [6.45, 7) is 9.25. The van der Waals surface area contributed by atoms with Gasteiger partial charge in [-0.15, -0.1) is 0 Å². The molecule has 1 rings (SSSR count). The highest BCUT2D eigenvalue weighted by atomic mass is 16.5. The van der Waals surface area contributed by atoms with Gasteiger partial charge in [-0.2, -0.15) is 0 Å². The van der Waals surface area contributed by atoms with E-state index in [0.29, 0.717) is 30.8 Å². The molecule has 3 nitrogen and oxygen atoms in total. The first-order valence-electron chi connectivity index (χ1n) is 7.49. The van der Waals surface area contributed by atoms with Crippen molar-refractivity contribution in [3.05, 3.63) is 0 Å². The summed E-state index contributed by atoms with van der Waals surface area (Å²) in [5.41, 5.74) is 0. The maximum Gasteiger partial charge on any atom is 0.306 e. The number of esters is 1. The van der Waals surface area contributed by atoms with E-state index in [1.807, 2.05) is 0 Å². The van der Waals surface area contributed by atoms with E-state index in [0.717, 1.165) is 25.9 Å². The molecule has 0 aliphatic carbocycles. The molecule has 18 heavy (non-hydrogen) atoms. The molecule has 0 aromatic heterocycles. The molecular formula is C15H29NO2. The summed E-state index contributed by atoms with van der Waals surface area (Å²) in [6, 6.07) is 0. The third-order valence-electron chi connectivity index (χ3n) is 3.94. The minimum Gasteiger partial charge on any atom is -0.465 e. The number of hydrogen-bond donors (Lipinski definition) is 1. The van der Waals surface area contributed by atoms with Gasteiger partial charge in [0.25, 0.3) is 0 Å². The van der Waals surface area contributed by atoms with Crippen LogP contribution in [0, 0.1) is 17.8 Å². The maximum atomic E-state index is 11.8. The summed E-state index contributed by atoms with van der Waals surface area (Å²) in [4.78, 5) is 11.8. The van der Waals surface area contributed by atoms with E-state index in [1.54, 1.807) is 0 Å². The lowest BCUT2D eigenvalue weighted by Crippen LogP contribution is -2.34. The van der Waals surface area contributed by atoms with Gasteiger partial charge in [-0.25, -0.2) is 0 Å². The Hall–Kier alpha value is -0.570. The first-order valence-corrected chi connectivity index (χ1v) is 7.49. The van der Waals surface area contributed by atoms with E-state index < -0.39 is 0 Å². The zero-order chi connectivity index (χ0) is 13.4. The molecule has 106 valence electrons. The quantitative estimate of drug-likeness (QED) is 0.711. The normalized spacial score (nSPS) is 23.4. The maximum absolute atomic E-state index is 11.8. The van der Waals surface area contributed by atoms with Gasteiger partial charge in [0.1, 0.15) is 0 Å². The van der Waals surface area contributed by atoms with Gasteiger partial charge in [0.15, 0.2) is 0 Å². The summed E-state index contributed by atoms with van der Waals surface area (Å²) in [5, 5.41) is 3.40. The van der Waals surface area contributed by atoms with Crippen molar-refractivity contribution in [2.45, 2.75) is 52.9 Å². The van der Waals surface area contributed by atoms with Gasteiger partial charge in [0.2, 0.25) is 0 Å². The highest BCUT2D eigenvalue weighted by Gasteiger charge is 2.22. The summed E-state index contributed by atoms with van der Waals surface area (Å²) in [7, 11) is 0. The second kappa shape index (κ2) is 8.52. The Morgan fingerprint density at radius 2 is 2.22 bits per heavy atom. The molecule has 0 radical (unpaired) electrons. The molecule has 1 heterocycles. The summed E-state index contributed by atoms with van der Waals surface area (Å²) in [5.74, 6) is 1.55. The van der Waals surface area contributed by atoms with E-state index in [-0.39, 0.29) is 5.97 Å². The van der Waals surface area contributed by atoms with Crippen molar-refractivity contribution in [3.63, 3.8) is 0 Å². The number of ether oxygens (including phenoxy) is 1. The van der Waals surface area contributed by atoms with Crippen LogP contribution in [0.2, 0.25) is 0 Å². The molecule has 0 amide bonds. The first-order chi connectivity index (χ1) is 8.63. The molecule has 3 heteroatoms. The monoisotopic (exact) mass is 255 g/mol. The fraction of sp³-hybridized carbons (Fsp3) is 0.933. The van der Waals surface area contributed by atoms with Crippen molar-refractivity contribution < 1.29 is 9.53 Å². The average molecular weight is 255 g/mol. The molecule has 3 unspecified atom stereocenters. The van der Waals surface area contributed by atoms with Gasteiger partial charge < -0.3 is 10.1 Å². The van der Waals surface area contributed by atoms with Gasteiger partial charge in [-0.1, -0.05) is 27.2 Å². The smallest absolute Gasteiger partial charge is 0.306 e. The molecule has 0 bridgehead atoms. The third-order valence-corrected chi connectivity index (χ3v) is 3.94. The summed E-state index contributed by atoms with van der Waals surface area (Å²) >= 11 is 0. The van der Waals surface area contributed by atoms with Crippen LogP contribution in [0.3, 0.4) is 0 Å². The Morgan fingerprint density at radius 1 is 1.44 bits per heavy atom. The molecular weight excluding hydrogens is 226 g/mol. The van der Waals surface area contributed by atoms with Crippen LogP contribution in [0.1, 0.15) is 52.9 Å². The predicted octanol–water partition coefficient (Wildman–Crippen LogP) is 2.99. The molecule has 1 aliphatic rings. The van der Waals surface area contributed by atoms with E-state index in [9.17, 15) is 4.79 Å². The molecule has 0 spiro atoms. The lowest BCUT2D eigenvalue weighted by molar-refractivity contribution is -0.146. The van der Waals surface area contributed by atoms with Crippen molar-refractivity contribution in [1.82, 2.24) is 5.32 Å². The summed E-state index contributed by atoms with van der Waals surface area (Å²) < 4.78 is 5.36.